The zero-order chi connectivity index (χ0) is 14.1. The second-order valence-corrected chi connectivity index (χ2v) is 5.31. The van der Waals surface area contributed by atoms with Gasteiger partial charge in [-0.3, -0.25) is 4.79 Å². The van der Waals surface area contributed by atoms with Crippen molar-refractivity contribution >= 4 is 11.6 Å². The Morgan fingerprint density at radius 2 is 2.30 bits per heavy atom. The summed E-state index contributed by atoms with van der Waals surface area (Å²) in [7, 11) is 0. The summed E-state index contributed by atoms with van der Waals surface area (Å²) in [4.78, 5) is 18.8. The molecule has 0 radical (unpaired) electrons. The summed E-state index contributed by atoms with van der Waals surface area (Å²) in [5.74, 6) is 0.183. The lowest BCUT2D eigenvalue weighted by Gasteiger charge is -2.31. The lowest BCUT2D eigenvalue weighted by molar-refractivity contribution is -0.133. The smallest absolute Gasteiger partial charge is 0.223 e. The maximum absolute atomic E-state index is 12.2. The van der Waals surface area contributed by atoms with Gasteiger partial charge in [0.25, 0.3) is 0 Å². The van der Waals surface area contributed by atoms with Crippen LogP contribution in [0.25, 0.3) is 5.65 Å². The molecule has 1 aliphatic rings. The van der Waals surface area contributed by atoms with E-state index in [4.69, 9.17) is 5.73 Å². The van der Waals surface area contributed by atoms with E-state index in [9.17, 15) is 4.79 Å². The third-order valence-electron chi connectivity index (χ3n) is 4.02. The lowest BCUT2D eigenvalue weighted by Crippen LogP contribution is -2.42. The van der Waals surface area contributed by atoms with E-state index in [0.717, 1.165) is 24.2 Å². The Bertz CT molecular complexity index is 588. The van der Waals surface area contributed by atoms with E-state index in [1.807, 2.05) is 46.8 Å². The van der Waals surface area contributed by atoms with Crippen molar-refractivity contribution in [3.63, 3.8) is 0 Å². The molecule has 2 aromatic rings. The van der Waals surface area contributed by atoms with Gasteiger partial charge < -0.3 is 15.0 Å². The number of carbonyl (C=O) groups excluding carboxylic acids is 1. The fraction of sp³-hybridized carbons (Fsp3) is 0.467. The predicted octanol–water partition coefficient (Wildman–Crippen LogP) is 1.74. The van der Waals surface area contributed by atoms with Gasteiger partial charge in [0.05, 0.1) is 11.7 Å². The number of hydrogen-bond acceptors (Lipinski definition) is 3. The minimum atomic E-state index is -0.116. The molecule has 2 aromatic heterocycles. The lowest BCUT2D eigenvalue weighted by atomic mass is 10.0. The molecular formula is C15H20N4O. The maximum Gasteiger partial charge on any atom is 0.223 e. The topological polar surface area (TPSA) is 63.6 Å². The first-order valence-corrected chi connectivity index (χ1v) is 7.19. The van der Waals surface area contributed by atoms with E-state index in [0.29, 0.717) is 13.0 Å². The summed E-state index contributed by atoms with van der Waals surface area (Å²) in [6, 6.07) is 5.72. The Morgan fingerprint density at radius 3 is 3.05 bits per heavy atom. The van der Waals surface area contributed by atoms with Crippen LogP contribution < -0.4 is 5.73 Å². The molecule has 1 amide bonds. The summed E-state index contributed by atoms with van der Waals surface area (Å²) in [5.41, 5.74) is 8.10. The minimum Gasteiger partial charge on any atom is -0.333 e. The van der Waals surface area contributed by atoms with Gasteiger partial charge in [-0.05, 0) is 31.9 Å². The highest BCUT2D eigenvalue weighted by atomic mass is 16.2. The number of hydrogen-bond donors (Lipinski definition) is 1. The molecule has 1 aliphatic heterocycles. The van der Waals surface area contributed by atoms with Crippen LogP contribution in [0, 0.1) is 0 Å². The number of nitrogens with two attached hydrogens (primary N) is 1. The highest BCUT2D eigenvalue weighted by Gasteiger charge is 2.33. The molecule has 2 unspecified atom stereocenters. The van der Waals surface area contributed by atoms with E-state index < -0.39 is 0 Å². The Balaban J connectivity index is 2.05. The first-order chi connectivity index (χ1) is 9.70. The van der Waals surface area contributed by atoms with Crippen LogP contribution in [0.5, 0.6) is 0 Å². The maximum atomic E-state index is 12.2. The van der Waals surface area contributed by atoms with Crippen molar-refractivity contribution in [2.24, 2.45) is 5.73 Å². The Morgan fingerprint density at radius 1 is 1.45 bits per heavy atom. The van der Waals surface area contributed by atoms with Crippen LogP contribution in [0.15, 0.2) is 30.6 Å². The molecule has 5 nitrogen and oxygen atoms in total. The van der Waals surface area contributed by atoms with Gasteiger partial charge in [0.1, 0.15) is 5.65 Å². The van der Waals surface area contributed by atoms with Crippen molar-refractivity contribution in [1.29, 1.82) is 0 Å². The third kappa shape index (κ3) is 2.18. The van der Waals surface area contributed by atoms with Crippen molar-refractivity contribution in [3.05, 3.63) is 36.3 Å². The van der Waals surface area contributed by atoms with E-state index in [-0.39, 0.29) is 18.0 Å². The van der Waals surface area contributed by atoms with Crippen LogP contribution >= 0.6 is 0 Å². The second kappa shape index (κ2) is 5.25. The Hall–Kier alpha value is -1.88. The summed E-state index contributed by atoms with van der Waals surface area (Å²) in [6.07, 6.45) is 6.26. The highest BCUT2D eigenvalue weighted by Crippen LogP contribution is 2.29. The summed E-state index contributed by atoms with van der Waals surface area (Å²) in [5, 5.41) is 0. The van der Waals surface area contributed by atoms with Gasteiger partial charge >= 0.3 is 0 Å². The zero-order valence-electron chi connectivity index (χ0n) is 11.7. The van der Waals surface area contributed by atoms with E-state index >= 15 is 0 Å². The largest absolute Gasteiger partial charge is 0.333 e. The van der Waals surface area contributed by atoms with Crippen LogP contribution in [0.4, 0.5) is 0 Å². The van der Waals surface area contributed by atoms with E-state index in [2.05, 4.69) is 4.98 Å². The number of imidazole rings is 1. The van der Waals surface area contributed by atoms with Gasteiger partial charge in [0.2, 0.25) is 5.91 Å². The number of fused-ring (bicyclic) bond motifs is 1. The normalized spacial score (nSPS) is 24.1. The van der Waals surface area contributed by atoms with Gasteiger partial charge in [-0.2, -0.15) is 0 Å². The van der Waals surface area contributed by atoms with Crippen molar-refractivity contribution in [1.82, 2.24) is 14.3 Å². The second-order valence-electron chi connectivity index (χ2n) is 5.31. The van der Waals surface area contributed by atoms with Gasteiger partial charge in [0.15, 0.2) is 0 Å². The number of likely N-dealkylation sites (N-methyl/N-ethyl adjacent to an activating group) is 1. The Kier molecular flexibility index (Phi) is 3.44. The first-order valence-electron chi connectivity index (χ1n) is 7.19. The number of rotatable bonds is 2. The molecule has 5 heteroatoms. The van der Waals surface area contributed by atoms with Crippen LogP contribution in [0.3, 0.4) is 0 Å². The number of pyridine rings is 1. The average Bonchev–Trinajstić information content (AvgIpc) is 2.80. The number of carbonyl (C=O) groups is 1. The van der Waals surface area contributed by atoms with Crippen molar-refractivity contribution < 1.29 is 4.79 Å². The fourth-order valence-electron chi connectivity index (χ4n) is 3.03. The monoisotopic (exact) mass is 272 g/mol. The van der Waals surface area contributed by atoms with Gasteiger partial charge in [-0.15, -0.1) is 0 Å². The first kappa shape index (κ1) is 13.1. The van der Waals surface area contributed by atoms with Crippen LogP contribution in [0.2, 0.25) is 0 Å². The van der Waals surface area contributed by atoms with Gasteiger partial charge in [-0.25, -0.2) is 4.98 Å². The molecule has 2 atom stereocenters. The number of aromatic nitrogens is 2. The standard InChI is InChI=1S/C15H20N4O/c1-2-19-14(20)8-5-6-11(16)15(19)12-10-18-9-4-3-7-13(18)17-12/h3-4,7,9-11,15H,2,5-6,8,16H2,1H3. The van der Waals surface area contributed by atoms with Crippen molar-refractivity contribution in [2.75, 3.05) is 6.54 Å². The van der Waals surface area contributed by atoms with E-state index in [1.165, 1.54) is 0 Å². The average molecular weight is 272 g/mol. The molecule has 0 spiro atoms. The van der Waals surface area contributed by atoms with Crippen LogP contribution in [-0.4, -0.2) is 32.8 Å². The Labute approximate surface area is 118 Å². The molecule has 0 saturated carbocycles. The van der Waals surface area contributed by atoms with E-state index in [1.54, 1.807) is 0 Å². The molecule has 20 heavy (non-hydrogen) atoms. The highest BCUT2D eigenvalue weighted by molar-refractivity contribution is 5.77. The molecule has 3 heterocycles. The minimum absolute atomic E-state index is 0.0497. The molecule has 106 valence electrons. The molecule has 0 bridgehead atoms. The zero-order valence-corrected chi connectivity index (χ0v) is 11.7. The molecular weight excluding hydrogens is 252 g/mol. The molecule has 3 rings (SSSR count). The van der Waals surface area contributed by atoms with Crippen molar-refractivity contribution in [2.45, 2.75) is 38.3 Å². The predicted molar refractivity (Wildman–Crippen MR) is 77.1 cm³/mol. The molecule has 2 N–H and O–H groups in total. The summed E-state index contributed by atoms with van der Waals surface area (Å²) >= 11 is 0. The third-order valence-corrected chi connectivity index (χ3v) is 4.02. The number of amides is 1. The molecule has 0 aromatic carbocycles. The quantitative estimate of drug-likeness (QED) is 0.905. The van der Waals surface area contributed by atoms with Gasteiger partial charge in [-0.1, -0.05) is 6.07 Å². The van der Waals surface area contributed by atoms with Gasteiger partial charge in [0, 0.05) is 31.4 Å². The summed E-state index contributed by atoms with van der Waals surface area (Å²) in [6.45, 7) is 2.67. The number of nitrogens with zero attached hydrogens (tertiary/aromatic N) is 3. The molecule has 1 fully saturated rings. The summed E-state index contributed by atoms with van der Waals surface area (Å²) < 4.78 is 1.98. The van der Waals surface area contributed by atoms with Crippen molar-refractivity contribution in [3.8, 4) is 0 Å². The molecule has 0 aliphatic carbocycles. The van der Waals surface area contributed by atoms with Crippen LogP contribution in [-0.2, 0) is 4.79 Å². The SMILES string of the molecule is CCN1C(=O)CCCC(N)C1c1cn2ccccc2n1. The number of likely N-dealkylation sites (tertiary alicyclic amines) is 1. The molecule has 1 saturated heterocycles. The fourth-order valence-corrected chi connectivity index (χ4v) is 3.03. The van der Waals surface area contributed by atoms with Crippen LogP contribution in [0.1, 0.15) is 37.9 Å².